The fourth-order valence-electron chi connectivity index (χ4n) is 2.91. The highest BCUT2D eigenvalue weighted by molar-refractivity contribution is 5.96. The number of carbonyl (C=O) groups is 2. The number of ether oxygens (including phenoxy) is 1. The number of benzene rings is 1. The number of amides is 1. The lowest BCUT2D eigenvalue weighted by atomic mass is 10.1. The van der Waals surface area contributed by atoms with E-state index >= 15 is 0 Å². The van der Waals surface area contributed by atoms with Crippen LogP contribution in [0.3, 0.4) is 0 Å². The first-order valence-corrected chi connectivity index (χ1v) is 8.42. The van der Waals surface area contributed by atoms with E-state index in [1.807, 2.05) is 45.2 Å². The molecule has 0 aliphatic heterocycles. The Bertz CT molecular complexity index is 970. The maximum absolute atomic E-state index is 12.3. The number of nitrogens with zero attached hydrogens (tertiary/aromatic N) is 2. The SMILES string of the molecule is Cc1nn(C)c(C)c1NC(=O)[C@H](C)OC(=O)Cc1c[nH]c2ccccc12. The van der Waals surface area contributed by atoms with Gasteiger partial charge in [0.25, 0.3) is 5.91 Å². The van der Waals surface area contributed by atoms with Gasteiger partial charge in [-0.25, -0.2) is 0 Å². The quantitative estimate of drug-likeness (QED) is 0.689. The van der Waals surface area contributed by atoms with Gasteiger partial charge >= 0.3 is 5.97 Å². The largest absolute Gasteiger partial charge is 0.452 e. The van der Waals surface area contributed by atoms with Gasteiger partial charge in [0.05, 0.1) is 23.5 Å². The van der Waals surface area contributed by atoms with E-state index in [1.54, 1.807) is 17.8 Å². The normalized spacial score (nSPS) is 12.2. The molecular weight excluding hydrogens is 332 g/mol. The van der Waals surface area contributed by atoms with E-state index < -0.39 is 12.1 Å². The maximum Gasteiger partial charge on any atom is 0.311 e. The molecule has 2 N–H and O–H groups in total. The van der Waals surface area contributed by atoms with E-state index in [0.29, 0.717) is 5.69 Å². The predicted octanol–water partition coefficient (Wildman–Crippen LogP) is 2.63. The third-order valence-electron chi connectivity index (χ3n) is 4.44. The molecule has 1 aromatic carbocycles. The van der Waals surface area contributed by atoms with E-state index in [4.69, 9.17) is 4.74 Å². The van der Waals surface area contributed by atoms with Gasteiger partial charge in [0, 0.05) is 24.1 Å². The minimum absolute atomic E-state index is 0.104. The van der Waals surface area contributed by atoms with Crippen molar-refractivity contribution >= 4 is 28.5 Å². The van der Waals surface area contributed by atoms with Gasteiger partial charge < -0.3 is 15.0 Å². The highest BCUT2D eigenvalue weighted by Crippen LogP contribution is 2.20. The second-order valence-electron chi connectivity index (χ2n) is 6.33. The zero-order chi connectivity index (χ0) is 18.8. The fourth-order valence-corrected chi connectivity index (χ4v) is 2.91. The van der Waals surface area contributed by atoms with Crippen LogP contribution >= 0.6 is 0 Å². The van der Waals surface area contributed by atoms with Crippen LogP contribution in [-0.2, 0) is 27.8 Å². The van der Waals surface area contributed by atoms with Crippen LogP contribution in [0.2, 0.25) is 0 Å². The molecule has 0 saturated heterocycles. The molecule has 0 aliphatic rings. The lowest BCUT2D eigenvalue weighted by molar-refractivity contribution is -0.152. The number of hydrogen-bond donors (Lipinski definition) is 2. The van der Waals surface area contributed by atoms with Gasteiger partial charge in [-0.3, -0.25) is 14.3 Å². The number of aryl methyl sites for hydroxylation is 2. The number of esters is 1. The molecule has 0 radical (unpaired) electrons. The molecule has 7 nitrogen and oxygen atoms in total. The zero-order valence-corrected chi connectivity index (χ0v) is 15.3. The molecule has 0 unspecified atom stereocenters. The summed E-state index contributed by atoms with van der Waals surface area (Å²) in [6.07, 6.45) is 0.998. The summed E-state index contributed by atoms with van der Waals surface area (Å²) in [5.41, 5.74) is 4.02. The summed E-state index contributed by atoms with van der Waals surface area (Å²) in [6.45, 7) is 5.24. The van der Waals surface area contributed by atoms with Crippen LogP contribution in [0.25, 0.3) is 10.9 Å². The Balaban J connectivity index is 1.62. The number of nitrogens with one attached hydrogen (secondary N) is 2. The first-order chi connectivity index (χ1) is 12.4. The van der Waals surface area contributed by atoms with Crippen LogP contribution in [0.15, 0.2) is 30.5 Å². The van der Waals surface area contributed by atoms with Crippen molar-refractivity contribution in [2.45, 2.75) is 33.3 Å². The van der Waals surface area contributed by atoms with Gasteiger partial charge in [-0.05, 0) is 32.4 Å². The number of fused-ring (bicyclic) bond motifs is 1. The molecule has 7 heteroatoms. The highest BCUT2D eigenvalue weighted by Gasteiger charge is 2.21. The van der Waals surface area contributed by atoms with E-state index in [1.165, 1.54) is 0 Å². The molecule has 1 amide bonds. The summed E-state index contributed by atoms with van der Waals surface area (Å²) in [7, 11) is 1.81. The number of H-pyrrole nitrogens is 1. The second-order valence-corrected chi connectivity index (χ2v) is 6.33. The lowest BCUT2D eigenvalue weighted by Crippen LogP contribution is -2.30. The van der Waals surface area contributed by atoms with Crippen molar-refractivity contribution in [3.63, 3.8) is 0 Å². The van der Waals surface area contributed by atoms with E-state index in [9.17, 15) is 9.59 Å². The number of anilines is 1. The third kappa shape index (κ3) is 3.46. The van der Waals surface area contributed by atoms with Gasteiger partial charge in [0.1, 0.15) is 0 Å². The summed E-state index contributed by atoms with van der Waals surface area (Å²) in [4.78, 5) is 27.7. The lowest BCUT2D eigenvalue weighted by Gasteiger charge is -2.13. The van der Waals surface area contributed by atoms with Crippen molar-refractivity contribution < 1.29 is 14.3 Å². The van der Waals surface area contributed by atoms with Crippen molar-refractivity contribution in [2.24, 2.45) is 7.05 Å². The van der Waals surface area contributed by atoms with Crippen LogP contribution in [0, 0.1) is 13.8 Å². The average Bonchev–Trinajstić information content (AvgIpc) is 3.11. The molecule has 0 spiro atoms. The summed E-state index contributed by atoms with van der Waals surface area (Å²) < 4.78 is 6.99. The molecule has 0 aliphatic carbocycles. The molecule has 0 saturated carbocycles. The third-order valence-corrected chi connectivity index (χ3v) is 4.44. The van der Waals surface area contributed by atoms with Gasteiger partial charge in [0.2, 0.25) is 0 Å². The van der Waals surface area contributed by atoms with Crippen LogP contribution < -0.4 is 5.32 Å². The Kier molecular flexibility index (Phi) is 4.79. The van der Waals surface area contributed by atoms with E-state index in [2.05, 4.69) is 15.4 Å². The maximum atomic E-state index is 12.3. The molecule has 3 rings (SSSR count). The van der Waals surface area contributed by atoms with Crippen LogP contribution in [0.5, 0.6) is 0 Å². The molecule has 2 heterocycles. The van der Waals surface area contributed by atoms with Crippen molar-refractivity contribution in [1.29, 1.82) is 0 Å². The number of hydrogen-bond acceptors (Lipinski definition) is 4. The molecule has 0 fully saturated rings. The monoisotopic (exact) mass is 354 g/mol. The Hall–Kier alpha value is -3.09. The average molecular weight is 354 g/mol. The highest BCUT2D eigenvalue weighted by atomic mass is 16.5. The summed E-state index contributed by atoms with van der Waals surface area (Å²) in [6, 6.07) is 7.73. The Labute approximate surface area is 151 Å². The van der Waals surface area contributed by atoms with Crippen LogP contribution in [0.1, 0.15) is 23.9 Å². The first kappa shape index (κ1) is 17.7. The fraction of sp³-hybridized carbons (Fsp3) is 0.316. The van der Waals surface area contributed by atoms with Gasteiger partial charge in [-0.1, -0.05) is 18.2 Å². The van der Waals surface area contributed by atoms with Gasteiger partial charge in [-0.15, -0.1) is 0 Å². The molecule has 0 bridgehead atoms. The van der Waals surface area contributed by atoms with Crippen molar-refractivity contribution in [3.8, 4) is 0 Å². The minimum Gasteiger partial charge on any atom is -0.452 e. The van der Waals surface area contributed by atoms with E-state index in [0.717, 1.165) is 27.9 Å². The summed E-state index contributed by atoms with van der Waals surface area (Å²) in [5.74, 6) is -0.825. The van der Waals surface area contributed by atoms with Gasteiger partial charge in [-0.2, -0.15) is 5.10 Å². The number of aromatic amines is 1. The summed E-state index contributed by atoms with van der Waals surface area (Å²) >= 11 is 0. The molecule has 26 heavy (non-hydrogen) atoms. The smallest absolute Gasteiger partial charge is 0.311 e. The van der Waals surface area contributed by atoms with Crippen molar-refractivity contribution in [2.75, 3.05) is 5.32 Å². The minimum atomic E-state index is -0.897. The molecular formula is C19H22N4O3. The number of carbonyl (C=O) groups excluding carboxylic acids is 2. The number of para-hydroxylation sites is 1. The Morgan fingerprint density at radius 2 is 2.04 bits per heavy atom. The zero-order valence-electron chi connectivity index (χ0n) is 15.3. The van der Waals surface area contributed by atoms with Crippen molar-refractivity contribution in [1.82, 2.24) is 14.8 Å². The van der Waals surface area contributed by atoms with Gasteiger partial charge in [0.15, 0.2) is 6.10 Å². The molecule has 2 aromatic heterocycles. The van der Waals surface area contributed by atoms with E-state index in [-0.39, 0.29) is 12.3 Å². The van der Waals surface area contributed by atoms with Crippen molar-refractivity contribution in [3.05, 3.63) is 47.4 Å². The summed E-state index contributed by atoms with van der Waals surface area (Å²) in [5, 5.41) is 8.02. The first-order valence-electron chi connectivity index (χ1n) is 8.42. The molecule has 3 aromatic rings. The molecule has 136 valence electrons. The Morgan fingerprint density at radius 1 is 1.31 bits per heavy atom. The van der Waals surface area contributed by atoms with Crippen LogP contribution in [0.4, 0.5) is 5.69 Å². The number of rotatable bonds is 5. The second kappa shape index (κ2) is 7.03. The molecule has 1 atom stereocenters. The standard InChI is InChI=1S/C19H22N4O3/c1-11-18(12(2)23(4)22-11)21-19(25)13(3)26-17(24)9-14-10-20-16-8-6-5-7-15(14)16/h5-8,10,13,20H,9H2,1-4H3,(H,21,25)/t13-/m0/s1. The Morgan fingerprint density at radius 3 is 2.73 bits per heavy atom. The number of aromatic nitrogens is 3. The predicted molar refractivity (Wildman–Crippen MR) is 98.9 cm³/mol. The van der Waals surface area contributed by atoms with Crippen LogP contribution in [-0.4, -0.2) is 32.7 Å². The topological polar surface area (TPSA) is 89.0 Å².